The van der Waals surface area contributed by atoms with Crippen LogP contribution in [-0.2, 0) is 11.2 Å². The fraction of sp³-hybridized carbons (Fsp3) is 0.133. The van der Waals surface area contributed by atoms with Gasteiger partial charge < -0.3 is 4.74 Å². The van der Waals surface area contributed by atoms with Crippen LogP contribution >= 0.6 is 11.6 Å². The Morgan fingerprint density at radius 1 is 1.11 bits per heavy atom. The van der Waals surface area contributed by atoms with Crippen LogP contribution in [0, 0.1) is 0 Å². The first-order valence-corrected chi connectivity index (χ1v) is 6.14. The Balaban J connectivity index is 1.98. The van der Waals surface area contributed by atoms with E-state index in [-0.39, 0.29) is 5.78 Å². The first-order valence-electron chi connectivity index (χ1n) is 5.77. The molecule has 3 heteroatoms. The quantitative estimate of drug-likeness (QED) is 0.781. The molecule has 2 aromatic rings. The van der Waals surface area contributed by atoms with Crippen LogP contribution in [0.2, 0.25) is 5.02 Å². The van der Waals surface area contributed by atoms with Gasteiger partial charge in [0.2, 0.25) is 0 Å². The van der Waals surface area contributed by atoms with E-state index in [1.807, 2.05) is 36.4 Å². The fourth-order valence-electron chi connectivity index (χ4n) is 2.16. The van der Waals surface area contributed by atoms with Gasteiger partial charge in [0.25, 0.3) is 0 Å². The van der Waals surface area contributed by atoms with Gasteiger partial charge in [0, 0.05) is 22.6 Å². The van der Waals surface area contributed by atoms with Crippen LogP contribution in [-0.4, -0.2) is 5.78 Å². The number of hydrogen-bond acceptors (Lipinski definition) is 2. The molecule has 1 aliphatic heterocycles. The van der Waals surface area contributed by atoms with Crippen molar-refractivity contribution in [3.05, 3.63) is 64.7 Å². The Bertz CT molecular complexity index is 607. The molecule has 2 nitrogen and oxygen atoms in total. The minimum absolute atomic E-state index is 0.0657. The zero-order chi connectivity index (χ0) is 12.5. The summed E-state index contributed by atoms with van der Waals surface area (Å²) in [4.78, 5) is 12.1. The maximum atomic E-state index is 12.1. The molecule has 0 fully saturated rings. The van der Waals surface area contributed by atoms with Gasteiger partial charge in [-0.15, -0.1) is 0 Å². The Morgan fingerprint density at radius 3 is 2.78 bits per heavy atom. The standard InChI is InChI=1S/C15H11ClO2/c16-12-6-3-5-11(8-12)15-13(17)9-10-4-1-2-7-14(10)18-15/h1-8,15H,9H2. The predicted octanol–water partition coefficient (Wildman–Crippen LogP) is 3.59. The van der Waals surface area contributed by atoms with Crippen LogP contribution < -0.4 is 4.74 Å². The van der Waals surface area contributed by atoms with Crippen molar-refractivity contribution < 1.29 is 9.53 Å². The number of halogens is 1. The summed E-state index contributed by atoms with van der Waals surface area (Å²) in [5.41, 5.74) is 1.75. The van der Waals surface area contributed by atoms with E-state index >= 15 is 0 Å². The van der Waals surface area contributed by atoms with E-state index in [9.17, 15) is 4.79 Å². The Morgan fingerprint density at radius 2 is 1.94 bits per heavy atom. The Hall–Kier alpha value is -1.80. The van der Waals surface area contributed by atoms with Crippen molar-refractivity contribution in [1.82, 2.24) is 0 Å². The molecule has 18 heavy (non-hydrogen) atoms. The molecule has 1 unspecified atom stereocenters. The fourth-order valence-corrected chi connectivity index (χ4v) is 2.36. The monoisotopic (exact) mass is 258 g/mol. The number of ketones is 1. The number of ether oxygens (including phenoxy) is 1. The van der Waals surface area contributed by atoms with E-state index in [1.165, 1.54) is 0 Å². The number of Topliss-reactive ketones (excluding diaryl/α,β-unsaturated/α-hetero) is 1. The topological polar surface area (TPSA) is 26.3 Å². The summed E-state index contributed by atoms with van der Waals surface area (Å²) >= 11 is 5.95. The maximum absolute atomic E-state index is 12.1. The largest absolute Gasteiger partial charge is 0.478 e. The number of carbonyl (C=O) groups is 1. The molecular weight excluding hydrogens is 248 g/mol. The van der Waals surface area contributed by atoms with Crippen molar-refractivity contribution in [2.24, 2.45) is 0 Å². The number of carbonyl (C=O) groups excluding carboxylic acids is 1. The third-order valence-corrected chi connectivity index (χ3v) is 3.26. The van der Waals surface area contributed by atoms with Crippen molar-refractivity contribution in [2.75, 3.05) is 0 Å². The number of fused-ring (bicyclic) bond motifs is 1. The lowest BCUT2D eigenvalue weighted by atomic mass is 9.96. The molecule has 0 amide bonds. The minimum Gasteiger partial charge on any atom is -0.478 e. The van der Waals surface area contributed by atoms with Crippen molar-refractivity contribution >= 4 is 17.4 Å². The molecule has 0 radical (unpaired) electrons. The average Bonchev–Trinajstić information content (AvgIpc) is 2.38. The zero-order valence-electron chi connectivity index (χ0n) is 9.60. The molecule has 0 aromatic heterocycles. The number of benzene rings is 2. The summed E-state index contributed by atoms with van der Waals surface area (Å²) < 4.78 is 5.78. The highest BCUT2D eigenvalue weighted by atomic mass is 35.5. The highest BCUT2D eigenvalue weighted by Gasteiger charge is 2.28. The van der Waals surface area contributed by atoms with Crippen molar-refractivity contribution in [3.8, 4) is 5.75 Å². The van der Waals surface area contributed by atoms with Crippen LogP contribution in [0.3, 0.4) is 0 Å². The van der Waals surface area contributed by atoms with Crippen molar-refractivity contribution in [1.29, 1.82) is 0 Å². The minimum atomic E-state index is -0.543. The van der Waals surface area contributed by atoms with Crippen LogP contribution in [0.5, 0.6) is 5.75 Å². The molecule has 0 spiro atoms. The van der Waals surface area contributed by atoms with E-state index in [0.29, 0.717) is 11.4 Å². The first kappa shape index (κ1) is 11.3. The second-order valence-electron chi connectivity index (χ2n) is 4.30. The molecule has 0 saturated heterocycles. The lowest BCUT2D eigenvalue weighted by molar-refractivity contribution is -0.126. The summed E-state index contributed by atoms with van der Waals surface area (Å²) in [6.45, 7) is 0. The molecular formula is C15H11ClO2. The number of rotatable bonds is 1. The third kappa shape index (κ3) is 2.00. The second kappa shape index (κ2) is 4.46. The smallest absolute Gasteiger partial charge is 0.182 e. The number of hydrogen-bond donors (Lipinski definition) is 0. The van der Waals surface area contributed by atoms with Gasteiger partial charge in [-0.2, -0.15) is 0 Å². The average molecular weight is 259 g/mol. The van der Waals surface area contributed by atoms with Crippen molar-refractivity contribution in [2.45, 2.75) is 12.5 Å². The summed E-state index contributed by atoms with van der Waals surface area (Å²) in [7, 11) is 0. The second-order valence-corrected chi connectivity index (χ2v) is 4.74. The first-order chi connectivity index (χ1) is 8.74. The SMILES string of the molecule is O=C1Cc2ccccc2OC1c1cccc(Cl)c1. The van der Waals surface area contributed by atoms with Gasteiger partial charge in [0.1, 0.15) is 5.75 Å². The maximum Gasteiger partial charge on any atom is 0.182 e. The zero-order valence-corrected chi connectivity index (χ0v) is 10.4. The Labute approximate surface area is 110 Å². The summed E-state index contributed by atoms with van der Waals surface area (Å²) in [6, 6.07) is 14.9. The van der Waals surface area contributed by atoms with E-state index in [1.54, 1.807) is 12.1 Å². The van der Waals surface area contributed by atoms with E-state index in [4.69, 9.17) is 16.3 Å². The molecule has 0 aliphatic carbocycles. The molecule has 90 valence electrons. The summed E-state index contributed by atoms with van der Waals surface area (Å²) in [5, 5.41) is 0.614. The molecule has 0 bridgehead atoms. The van der Waals surface area contributed by atoms with Gasteiger partial charge in [0.05, 0.1) is 0 Å². The highest BCUT2D eigenvalue weighted by molar-refractivity contribution is 6.30. The van der Waals surface area contributed by atoms with E-state index in [0.717, 1.165) is 16.9 Å². The molecule has 0 N–H and O–H groups in total. The molecule has 1 aliphatic rings. The van der Waals surface area contributed by atoms with Crippen molar-refractivity contribution in [3.63, 3.8) is 0 Å². The summed E-state index contributed by atoms with van der Waals surface area (Å²) in [5.74, 6) is 0.845. The Kier molecular flexibility index (Phi) is 2.80. The lowest BCUT2D eigenvalue weighted by Gasteiger charge is -2.25. The van der Waals surface area contributed by atoms with Crippen LogP contribution in [0.1, 0.15) is 17.2 Å². The molecule has 3 rings (SSSR count). The number of para-hydroxylation sites is 1. The van der Waals surface area contributed by atoms with Gasteiger partial charge in [-0.25, -0.2) is 0 Å². The van der Waals surface area contributed by atoms with Crippen LogP contribution in [0.25, 0.3) is 0 Å². The van der Waals surface area contributed by atoms with Gasteiger partial charge >= 0.3 is 0 Å². The van der Waals surface area contributed by atoms with Crippen LogP contribution in [0.15, 0.2) is 48.5 Å². The molecule has 0 saturated carbocycles. The van der Waals surface area contributed by atoms with Gasteiger partial charge in [-0.1, -0.05) is 41.9 Å². The van der Waals surface area contributed by atoms with E-state index in [2.05, 4.69) is 0 Å². The van der Waals surface area contributed by atoms with Gasteiger partial charge in [-0.05, 0) is 18.2 Å². The lowest BCUT2D eigenvalue weighted by Crippen LogP contribution is -2.25. The van der Waals surface area contributed by atoms with E-state index < -0.39 is 6.10 Å². The van der Waals surface area contributed by atoms with Gasteiger partial charge in [0.15, 0.2) is 11.9 Å². The van der Waals surface area contributed by atoms with Crippen LogP contribution in [0.4, 0.5) is 0 Å². The third-order valence-electron chi connectivity index (χ3n) is 3.03. The summed E-state index contributed by atoms with van der Waals surface area (Å²) in [6.07, 6.45) is -0.133. The molecule has 1 atom stereocenters. The predicted molar refractivity (Wildman–Crippen MR) is 70.0 cm³/mol. The highest BCUT2D eigenvalue weighted by Crippen LogP contribution is 2.33. The normalized spacial score (nSPS) is 18.1. The molecule has 2 aromatic carbocycles. The molecule has 1 heterocycles. The van der Waals surface area contributed by atoms with Gasteiger partial charge in [-0.3, -0.25) is 4.79 Å².